The van der Waals surface area contributed by atoms with Gasteiger partial charge in [0.2, 0.25) is 11.8 Å². The maximum absolute atomic E-state index is 13.9. The second-order valence-electron chi connectivity index (χ2n) is 8.94. The molecule has 1 unspecified atom stereocenters. The van der Waals surface area contributed by atoms with E-state index >= 15 is 0 Å². The third-order valence-electron chi connectivity index (χ3n) is 6.26. The number of ether oxygens (including phenoxy) is 2. The van der Waals surface area contributed by atoms with Crippen LogP contribution in [0.25, 0.3) is 0 Å². The molecule has 0 aliphatic rings. The van der Waals surface area contributed by atoms with Crippen LogP contribution in [0.5, 0.6) is 11.5 Å². The Balaban J connectivity index is 2.08. The first-order valence-corrected chi connectivity index (χ1v) is 14.0. The van der Waals surface area contributed by atoms with Gasteiger partial charge in [-0.05, 0) is 50.6 Å². The molecule has 0 bridgehead atoms. The van der Waals surface area contributed by atoms with Crippen molar-refractivity contribution < 1.29 is 27.5 Å². The summed E-state index contributed by atoms with van der Waals surface area (Å²) in [7, 11) is -1.26. The third kappa shape index (κ3) is 7.08. The number of amides is 2. The molecule has 0 aliphatic carbocycles. The van der Waals surface area contributed by atoms with Crippen LogP contribution in [0.2, 0.25) is 0 Å². The van der Waals surface area contributed by atoms with Gasteiger partial charge >= 0.3 is 0 Å². The molecule has 10 heteroatoms. The molecular formula is C29H35N3O6S. The smallest absolute Gasteiger partial charge is 0.264 e. The van der Waals surface area contributed by atoms with Gasteiger partial charge in [-0.1, -0.05) is 48.0 Å². The number of benzene rings is 3. The molecule has 9 nitrogen and oxygen atoms in total. The summed E-state index contributed by atoms with van der Waals surface area (Å²) in [6.45, 7) is 5.26. The summed E-state index contributed by atoms with van der Waals surface area (Å²) in [6, 6.07) is 19.4. The van der Waals surface area contributed by atoms with Gasteiger partial charge in [-0.25, -0.2) is 8.42 Å². The lowest BCUT2D eigenvalue weighted by molar-refractivity contribution is -0.139. The van der Waals surface area contributed by atoms with Crippen LogP contribution in [-0.2, 0) is 26.2 Å². The minimum Gasteiger partial charge on any atom is -0.493 e. The monoisotopic (exact) mass is 553 g/mol. The molecule has 0 saturated carbocycles. The molecule has 1 atom stereocenters. The SMILES string of the molecule is CCNC(=O)C(C)N(Cc1ccccc1)C(=O)CN(c1ccc(OC)c(OC)c1)S(=O)(=O)c1ccc(C)cc1. The van der Waals surface area contributed by atoms with Crippen molar-refractivity contribution in [1.82, 2.24) is 10.2 Å². The Labute approximate surface area is 230 Å². The fourth-order valence-corrected chi connectivity index (χ4v) is 5.44. The summed E-state index contributed by atoms with van der Waals surface area (Å²) in [5.41, 5.74) is 1.92. The maximum Gasteiger partial charge on any atom is 0.264 e. The first-order valence-electron chi connectivity index (χ1n) is 12.5. The van der Waals surface area contributed by atoms with E-state index in [0.717, 1.165) is 15.4 Å². The van der Waals surface area contributed by atoms with Crippen molar-refractivity contribution in [2.75, 3.05) is 31.6 Å². The van der Waals surface area contributed by atoms with Crippen LogP contribution in [0, 0.1) is 6.92 Å². The number of nitrogens with zero attached hydrogens (tertiary/aromatic N) is 2. The van der Waals surface area contributed by atoms with Crippen LogP contribution < -0.4 is 19.1 Å². The Morgan fingerprint density at radius 3 is 2.15 bits per heavy atom. The van der Waals surface area contributed by atoms with E-state index in [0.29, 0.717) is 18.0 Å². The average Bonchev–Trinajstić information content (AvgIpc) is 2.94. The minimum atomic E-state index is -4.18. The topological polar surface area (TPSA) is 105 Å². The molecule has 3 aromatic rings. The highest BCUT2D eigenvalue weighted by Gasteiger charge is 2.32. The molecule has 3 rings (SSSR count). The molecule has 1 N–H and O–H groups in total. The molecule has 0 aromatic heterocycles. The first kappa shape index (κ1) is 29.5. The van der Waals surface area contributed by atoms with E-state index in [9.17, 15) is 18.0 Å². The maximum atomic E-state index is 13.9. The molecular weight excluding hydrogens is 518 g/mol. The molecule has 39 heavy (non-hydrogen) atoms. The van der Waals surface area contributed by atoms with Crippen molar-refractivity contribution in [2.24, 2.45) is 0 Å². The molecule has 0 spiro atoms. The number of methoxy groups -OCH3 is 2. The van der Waals surface area contributed by atoms with Crippen molar-refractivity contribution in [3.63, 3.8) is 0 Å². The minimum absolute atomic E-state index is 0.0297. The second-order valence-corrected chi connectivity index (χ2v) is 10.8. The van der Waals surface area contributed by atoms with Gasteiger partial charge in [-0.3, -0.25) is 13.9 Å². The number of carbonyl (C=O) groups excluding carboxylic acids is 2. The predicted molar refractivity (Wildman–Crippen MR) is 150 cm³/mol. The van der Waals surface area contributed by atoms with Gasteiger partial charge in [0, 0.05) is 19.2 Å². The van der Waals surface area contributed by atoms with Crippen LogP contribution in [0.15, 0.2) is 77.7 Å². The summed E-state index contributed by atoms with van der Waals surface area (Å²) >= 11 is 0. The van der Waals surface area contributed by atoms with Gasteiger partial charge in [0.25, 0.3) is 10.0 Å². The van der Waals surface area contributed by atoms with Crippen LogP contribution in [-0.4, -0.2) is 58.5 Å². The van der Waals surface area contributed by atoms with Crippen LogP contribution in [0.3, 0.4) is 0 Å². The van der Waals surface area contributed by atoms with Gasteiger partial charge in [0.1, 0.15) is 12.6 Å². The quantitative estimate of drug-likeness (QED) is 0.366. The second kappa shape index (κ2) is 13.1. The standard InChI is InChI=1S/C29H35N3O6S/c1-6-30-29(34)22(3)31(19-23-10-8-7-9-11-23)28(33)20-32(24-14-17-26(37-4)27(18-24)38-5)39(35,36)25-15-12-21(2)13-16-25/h7-18,22H,6,19-20H2,1-5H3,(H,30,34). The normalized spacial score (nSPS) is 11.8. The summed E-state index contributed by atoms with van der Waals surface area (Å²) in [4.78, 5) is 28.1. The number of aryl methyl sites for hydroxylation is 1. The Bertz CT molecular complexity index is 1380. The van der Waals surface area contributed by atoms with Crippen molar-refractivity contribution in [2.45, 2.75) is 38.3 Å². The highest BCUT2D eigenvalue weighted by atomic mass is 32.2. The predicted octanol–water partition coefficient (Wildman–Crippen LogP) is 3.76. The molecule has 0 saturated heterocycles. The number of hydrogen-bond donors (Lipinski definition) is 1. The van der Waals surface area contributed by atoms with E-state index in [4.69, 9.17) is 9.47 Å². The van der Waals surface area contributed by atoms with Crippen LogP contribution >= 0.6 is 0 Å². The van der Waals surface area contributed by atoms with E-state index in [2.05, 4.69) is 5.32 Å². The van der Waals surface area contributed by atoms with E-state index in [1.807, 2.05) is 37.3 Å². The summed E-state index contributed by atoms with van der Waals surface area (Å²) in [5.74, 6) is -0.150. The number of anilines is 1. The van der Waals surface area contributed by atoms with Gasteiger partial charge in [-0.15, -0.1) is 0 Å². The van der Waals surface area contributed by atoms with E-state index in [-0.39, 0.29) is 23.0 Å². The van der Waals surface area contributed by atoms with E-state index < -0.39 is 28.5 Å². The Hall–Kier alpha value is -4.05. The van der Waals surface area contributed by atoms with Crippen molar-refractivity contribution in [1.29, 1.82) is 0 Å². The average molecular weight is 554 g/mol. The summed E-state index contributed by atoms with van der Waals surface area (Å²) < 4.78 is 39.6. The molecule has 0 aliphatic heterocycles. The summed E-state index contributed by atoms with van der Waals surface area (Å²) in [5, 5.41) is 2.75. The molecule has 3 aromatic carbocycles. The zero-order valence-corrected chi connectivity index (χ0v) is 23.7. The van der Waals surface area contributed by atoms with Crippen molar-refractivity contribution in [3.8, 4) is 11.5 Å². The highest BCUT2D eigenvalue weighted by Crippen LogP contribution is 2.34. The zero-order valence-electron chi connectivity index (χ0n) is 22.9. The van der Waals surface area contributed by atoms with E-state index in [1.54, 1.807) is 38.1 Å². The molecule has 0 fully saturated rings. The lowest BCUT2D eigenvalue weighted by atomic mass is 10.1. The van der Waals surface area contributed by atoms with Crippen LogP contribution in [0.4, 0.5) is 5.69 Å². The molecule has 208 valence electrons. The number of rotatable bonds is 12. The van der Waals surface area contributed by atoms with Crippen LogP contribution in [0.1, 0.15) is 25.0 Å². The van der Waals surface area contributed by atoms with Gasteiger partial charge < -0.3 is 19.7 Å². The lowest BCUT2D eigenvalue weighted by Crippen LogP contribution is -2.51. The highest BCUT2D eigenvalue weighted by molar-refractivity contribution is 7.92. The van der Waals surface area contributed by atoms with Gasteiger partial charge in [-0.2, -0.15) is 0 Å². The Morgan fingerprint density at radius 1 is 0.923 bits per heavy atom. The first-order chi connectivity index (χ1) is 18.6. The lowest BCUT2D eigenvalue weighted by Gasteiger charge is -2.32. The molecule has 0 heterocycles. The number of hydrogen-bond acceptors (Lipinski definition) is 6. The third-order valence-corrected chi connectivity index (χ3v) is 8.05. The molecule has 0 radical (unpaired) electrons. The fraction of sp³-hybridized carbons (Fsp3) is 0.310. The fourth-order valence-electron chi connectivity index (χ4n) is 4.03. The largest absolute Gasteiger partial charge is 0.493 e. The van der Waals surface area contributed by atoms with Crippen molar-refractivity contribution >= 4 is 27.5 Å². The Kier molecular flexibility index (Phi) is 9.95. The zero-order chi connectivity index (χ0) is 28.6. The van der Waals surface area contributed by atoms with Gasteiger partial charge in [0.05, 0.1) is 24.8 Å². The number of nitrogens with one attached hydrogen (secondary N) is 1. The Morgan fingerprint density at radius 2 is 1.56 bits per heavy atom. The van der Waals surface area contributed by atoms with Crippen molar-refractivity contribution in [3.05, 3.63) is 83.9 Å². The number of sulfonamides is 1. The summed E-state index contributed by atoms with van der Waals surface area (Å²) in [6.07, 6.45) is 0. The number of carbonyl (C=O) groups is 2. The molecule has 2 amide bonds. The van der Waals surface area contributed by atoms with Gasteiger partial charge in [0.15, 0.2) is 11.5 Å². The van der Waals surface area contributed by atoms with E-state index in [1.165, 1.54) is 37.3 Å². The number of likely N-dealkylation sites (N-methyl/N-ethyl adjacent to an activating group) is 1.